The molecule has 2 heterocycles. The molecule has 2 N–H and O–H groups in total. The second-order valence-corrected chi connectivity index (χ2v) is 7.93. The van der Waals surface area contributed by atoms with Crippen molar-refractivity contribution in [3.05, 3.63) is 59.9 Å². The molecule has 3 aromatic rings. The van der Waals surface area contributed by atoms with Crippen LogP contribution >= 0.6 is 0 Å². The number of hydrogen-bond acceptors (Lipinski definition) is 3. The van der Waals surface area contributed by atoms with Gasteiger partial charge in [-0.2, -0.15) is 0 Å². The lowest BCUT2D eigenvalue weighted by atomic mass is 10.0. The van der Waals surface area contributed by atoms with Gasteiger partial charge in [-0.15, -0.1) is 0 Å². The van der Waals surface area contributed by atoms with Crippen LogP contribution in [0.4, 0.5) is 0 Å². The number of nitrogens with zero attached hydrogens (tertiary/aromatic N) is 2. The Morgan fingerprint density at radius 1 is 1.17 bits per heavy atom. The molecular weight excluding hydrogens is 364 g/mol. The van der Waals surface area contributed by atoms with Gasteiger partial charge in [-0.25, -0.2) is 4.98 Å². The summed E-state index contributed by atoms with van der Waals surface area (Å²) in [5.74, 6) is 0.463. The monoisotopic (exact) mass is 393 g/mol. The van der Waals surface area contributed by atoms with E-state index in [0.29, 0.717) is 18.0 Å². The van der Waals surface area contributed by atoms with Crippen LogP contribution in [-0.2, 0) is 4.74 Å². The fourth-order valence-electron chi connectivity index (χ4n) is 3.74. The number of carbonyl (C=O) groups excluding carboxylic acids is 1. The van der Waals surface area contributed by atoms with Crippen molar-refractivity contribution >= 4 is 16.9 Å². The van der Waals surface area contributed by atoms with Gasteiger partial charge in [0.2, 0.25) is 0 Å². The van der Waals surface area contributed by atoms with E-state index in [4.69, 9.17) is 4.74 Å². The van der Waals surface area contributed by atoms with Crippen LogP contribution < -0.4 is 10.2 Å². The molecule has 1 fully saturated rings. The van der Waals surface area contributed by atoms with E-state index >= 15 is 0 Å². The summed E-state index contributed by atoms with van der Waals surface area (Å²) in [7, 11) is 0. The fraction of sp³-hybridized carbons (Fsp3) is 0.391. The Hall–Kier alpha value is -2.70. The number of rotatable bonds is 6. The maximum Gasteiger partial charge on any atom is 0.251 e. The SMILES string of the molecule is CC(C)c1ccc(-n2cnc3cc(C(=O)NCC[NH+]4CCOCC4)ccc32)cc1. The molecule has 0 atom stereocenters. The molecule has 1 aliphatic heterocycles. The molecule has 1 aliphatic rings. The Morgan fingerprint density at radius 3 is 2.66 bits per heavy atom. The van der Waals surface area contributed by atoms with Crippen molar-refractivity contribution < 1.29 is 14.4 Å². The van der Waals surface area contributed by atoms with E-state index < -0.39 is 0 Å². The van der Waals surface area contributed by atoms with Crippen molar-refractivity contribution in [1.82, 2.24) is 14.9 Å². The molecular formula is C23H29N4O2+. The quantitative estimate of drug-likeness (QED) is 0.671. The summed E-state index contributed by atoms with van der Waals surface area (Å²) in [5, 5.41) is 3.03. The molecule has 0 bridgehead atoms. The van der Waals surface area contributed by atoms with Gasteiger partial charge in [0, 0.05) is 11.3 Å². The number of amides is 1. The van der Waals surface area contributed by atoms with E-state index in [9.17, 15) is 4.79 Å². The molecule has 1 aromatic heterocycles. The van der Waals surface area contributed by atoms with Crippen LogP contribution in [-0.4, -0.2) is 54.9 Å². The lowest BCUT2D eigenvalue weighted by Crippen LogP contribution is -3.14. The van der Waals surface area contributed by atoms with E-state index in [1.54, 1.807) is 0 Å². The maximum absolute atomic E-state index is 12.5. The fourth-order valence-corrected chi connectivity index (χ4v) is 3.74. The molecule has 2 aromatic carbocycles. The Kier molecular flexibility index (Phi) is 5.92. The Morgan fingerprint density at radius 2 is 1.93 bits per heavy atom. The smallest absolute Gasteiger partial charge is 0.251 e. The molecule has 1 saturated heterocycles. The van der Waals surface area contributed by atoms with Crippen molar-refractivity contribution in [2.45, 2.75) is 19.8 Å². The molecule has 6 heteroatoms. The van der Waals surface area contributed by atoms with Crippen LogP contribution in [0.5, 0.6) is 0 Å². The number of nitrogens with one attached hydrogen (secondary N) is 2. The summed E-state index contributed by atoms with van der Waals surface area (Å²) in [6.07, 6.45) is 1.82. The Balaban J connectivity index is 1.43. The number of fused-ring (bicyclic) bond motifs is 1. The van der Waals surface area contributed by atoms with Gasteiger partial charge in [0.15, 0.2) is 0 Å². The second kappa shape index (κ2) is 8.76. The van der Waals surface area contributed by atoms with Crippen LogP contribution in [0.25, 0.3) is 16.7 Å². The third-order valence-electron chi connectivity index (χ3n) is 5.61. The van der Waals surface area contributed by atoms with E-state index in [2.05, 4.69) is 53.0 Å². The summed E-state index contributed by atoms with van der Waals surface area (Å²) in [5.41, 5.74) is 4.86. The second-order valence-electron chi connectivity index (χ2n) is 7.93. The molecule has 29 heavy (non-hydrogen) atoms. The van der Waals surface area contributed by atoms with Gasteiger partial charge in [0.05, 0.1) is 37.3 Å². The minimum atomic E-state index is -0.0459. The average molecular weight is 394 g/mol. The summed E-state index contributed by atoms with van der Waals surface area (Å²) in [4.78, 5) is 18.5. The third-order valence-corrected chi connectivity index (χ3v) is 5.61. The number of morpholine rings is 1. The number of hydrogen-bond donors (Lipinski definition) is 2. The molecule has 0 spiro atoms. The number of ether oxygens (including phenoxy) is 1. The predicted molar refractivity (Wildman–Crippen MR) is 114 cm³/mol. The Bertz CT molecular complexity index is 972. The number of carbonyl (C=O) groups is 1. The van der Waals surface area contributed by atoms with E-state index in [1.807, 2.05) is 24.5 Å². The molecule has 1 amide bonds. The minimum absolute atomic E-state index is 0.0459. The first-order valence-corrected chi connectivity index (χ1v) is 10.4. The van der Waals surface area contributed by atoms with Crippen molar-refractivity contribution in [3.63, 3.8) is 0 Å². The summed E-state index contributed by atoms with van der Waals surface area (Å²) >= 11 is 0. The number of imidazole rings is 1. The normalized spacial score (nSPS) is 15.1. The topological polar surface area (TPSA) is 60.6 Å². The zero-order chi connectivity index (χ0) is 20.2. The van der Waals surface area contributed by atoms with Crippen molar-refractivity contribution in [3.8, 4) is 5.69 Å². The molecule has 4 rings (SSSR count). The summed E-state index contributed by atoms with van der Waals surface area (Å²) in [6, 6.07) is 14.3. The third kappa shape index (κ3) is 4.49. The molecule has 0 radical (unpaired) electrons. The van der Waals surface area contributed by atoms with Gasteiger partial charge in [0.25, 0.3) is 5.91 Å². The van der Waals surface area contributed by atoms with E-state index in [0.717, 1.165) is 49.6 Å². The zero-order valence-corrected chi connectivity index (χ0v) is 17.1. The highest BCUT2D eigenvalue weighted by Gasteiger charge is 2.15. The first kappa shape index (κ1) is 19.6. The predicted octanol–water partition coefficient (Wildman–Crippen LogP) is 1.79. The average Bonchev–Trinajstić information content (AvgIpc) is 3.17. The van der Waals surface area contributed by atoms with Crippen molar-refractivity contribution in [2.75, 3.05) is 39.4 Å². The lowest BCUT2D eigenvalue weighted by molar-refractivity contribution is -0.906. The lowest BCUT2D eigenvalue weighted by Gasteiger charge is -2.23. The molecule has 0 saturated carbocycles. The van der Waals surface area contributed by atoms with E-state index in [-0.39, 0.29) is 5.91 Å². The first-order valence-electron chi connectivity index (χ1n) is 10.4. The van der Waals surface area contributed by atoms with Gasteiger partial charge < -0.3 is 15.0 Å². The molecule has 6 nitrogen and oxygen atoms in total. The molecule has 0 unspecified atom stereocenters. The summed E-state index contributed by atoms with van der Waals surface area (Å²) in [6.45, 7) is 9.62. The van der Waals surface area contributed by atoms with Gasteiger partial charge >= 0.3 is 0 Å². The van der Waals surface area contributed by atoms with Crippen molar-refractivity contribution in [1.29, 1.82) is 0 Å². The highest BCUT2D eigenvalue weighted by atomic mass is 16.5. The number of quaternary nitrogens is 1. The molecule has 152 valence electrons. The van der Waals surface area contributed by atoms with Gasteiger partial charge in [0.1, 0.15) is 19.4 Å². The van der Waals surface area contributed by atoms with Gasteiger partial charge in [-0.05, 0) is 41.8 Å². The highest BCUT2D eigenvalue weighted by Crippen LogP contribution is 2.22. The van der Waals surface area contributed by atoms with Gasteiger partial charge in [-0.3, -0.25) is 9.36 Å². The zero-order valence-electron chi connectivity index (χ0n) is 17.1. The van der Waals surface area contributed by atoms with Crippen LogP contribution in [0.1, 0.15) is 35.7 Å². The summed E-state index contributed by atoms with van der Waals surface area (Å²) < 4.78 is 7.43. The van der Waals surface area contributed by atoms with Crippen LogP contribution in [0.3, 0.4) is 0 Å². The van der Waals surface area contributed by atoms with E-state index in [1.165, 1.54) is 10.5 Å². The standard InChI is InChI=1S/C23H28N4O2/c1-17(2)18-3-6-20(7-4-18)27-16-25-21-15-19(5-8-22(21)27)23(28)24-9-10-26-11-13-29-14-12-26/h3-8,15-17H,9-14H2,1-2H3,(H,24,28)/p+1. The van der Waals surface area contributed by atoms with Crippen LogP contribution in [0, 0.1) is 0 Å². The maximum atomic E-state index is 12.5. The van der Waals surface area contributed by atoms with Crippen LogP contribution in [0.15, 0.2) is 48.8 Å². The van der Waals surface area contributed by atoms with Gasteiger partial charge in [-0.1, -0.05) is 26.0 Å². The Labute approximate surface area is 171 Å². The number of benzene rings is 2. The number of aromatic nitrogens is 2. The first-order chi connectivity index (χ1) is 14.1. The highest BCUT2D eigenvalue weighted by molar-refractivity contribution is 5.97. The van der Waals surface area contributed by atoms with Crippen LogP contribution in [0.2, 0.25) is 0 Å². The minimum Gasteiger partial charge on any atom is -0.370 e. The van der Waals surface area contributed by atoms with Crippen molar-refractivity contribution in [2.24, 2.45) is 0 Å². The molecule has 0 aliphatic carbocycles. The largest absolute Gasteiger partial charge is 0.370 e.